The maximum Gasteiger partial charge on any atom is 0.257 e. The van der Waals surface area contributed by atoms with Crippen LogP contribution in [-0.2, 0) is 4.79 Å². The number of halogens is 1. The van der Waals surface area contributed by atoms with Crippen molar-refractivity contribution in [1.29, 1.82) is 0 Å². The molecule has 0 saturated heterocycles. The summed E-state index contributed by atoms with van der Waals surface area (Å²) >= 11 is 11.7. The van der Waals surface area contributed by atoms with Crippen molar-refractivity contribution in [3.63, 3.8) is 0 Å². The smallest absolute Gasteiger partial charge is 0.257 e. The molecule has 152 valence electrons. The molecule has 2 aromatic carbocycles. The fourth-order valence-corrected chi connectivity index (χ4v) is 3.93. The lowest BCUT2D eigenvalue weighted by Crippen LogP contribution is -2.48. The minimum Gasteiger partial charge on any atom is -0.360 e. The second kappa shape index (κ2) is 8.30. The van der Waals surface area contributed by atoms with Gasteiger partial charge < -0.3 is 15.2 Å². The highest BCUT2D eigenvalue weighted by Crippen LogP contribution is 2.34. The number of carbonyl (C=O) groups is 1. The van der Waals surface area contributed by atoms with Gasteiger partial charge in [-0.25, -0.2) is 0 Å². The van der Waals surface area contributed by atoms with E-state index in [-0.39, 0.29) is 5.91 Å². The summed E-state index contributed by atoms with van der Waals surface area (Å²) in [5, 5.41) is 11.1. The van der Waals surface area contributed by atoms with E-state index in [1.54, 1.807) is 25.1 Å². The van der Waals surface area contributed by atoms with Gasteiger partial charge in [-0.15, -0.1) is 0 Å². The van der Waals surface area contributed by atoms with Crippen LogP contribution in [0.25, 0.3) is 0 Å². The third-order valence-corrected chi connectivity index (χ3v) is 5.37. The number of aromatic nitrogens is 1. The minimum atomic E-state index is -0.442. The number of hydrogen-bond donors (Lipinski definition) is 2. The second-order valence-corrected chi connectivity index (χ2v) is 7.70. The molecule has 0 saturated carbocycles. The summed E-state index contributed by atoms with van der Waals surface area (Å²) in [7, 11) is 0. The summed E-state index contributed by atoms with van der Waals surface area (Å²) in [4.78, 5) is 15.2. The first-order chi connectivity index (χ1) is 14.4. The molecular formula is C22H19ClN4O2S. The van der Waals surface area contributed by atoms with Crippen molar-refractivity contribution >= 4 is 46.3 Å². The molecule has 1 aliphatic rings. The monoisotopic (exact) mass is 438 g/mol. The van der Waals surface area contributed by atoms with E-state index in [4.69, 9.17) is 28.3 Å². The second-order valence-electron chi connectivity index (χ2n) is 6.88. The predicted octanol–water partition coefficient (Wildman–Crippen LogP) is 4.98. The van der Waals surface area contributed by atoms with Crippen LogP contribution in [0, 0.1) is 6.92 Å². The van der Waals surface area contributed by atoms with Crippen molar-refractivity contribution in [2.24, 2.45) is 0 Å². The number of allylic oxidation sites excluding steroid dienone is 1. The molecule has 2 heterocycles. The maximum absolute atomic E-state index is 13.3. The van der Waals surface area contributed by atoms with Gasteiger partial charge in [-0.1, -0.05) is 47.1 Å². The standard InChI is InChI=1S/C22H19ClN4O2S/c1-13-12-18(26-29-13)24-21(28)19-14(2)27(17-6-4-3-5-7-17)22(30)25-20(19)15-8-10-16(23)11-9-15/h3-12,20H,1-2H3,(H,25,30)(H,24,26,28). The highest BCUT2D eigenvalue weighted by atomic mass is 35.5. The van der Waals surface area contributed by atoms with Crippen LogP contribution < -0.4 is 15.5 Å². The summed E-state index contributed by atoms with van der Waals surface area (Å²) in [6.45, 7) is 3.65. The van der Waals surface area contributed by atoms with Gasteiger partial charge in [-0.2, -0.15) is 0 Å². The van der Waals surface area contributed by atoms with Gasteiger partial charge in [0, 0.05) is 22.5 Å². The summed E-state index contributed by atoms with van der Waals surface area (Å²) < 4.78 is 5.07. The molecule has 1 aromatic heterocycles. The third-order valence-electron chi connectivity index (χ3n) is 4.82. The van der Waals surface area contributed by atoms with E-state index < -0.39 is 6.04 Å². The molecule has 8 heteroatoms. The van der Waals surface area contributed by atoms with E-state index in [2.05, 4.69) is 15.8 Å². The number of nitrogens with one attached hydrogen (secondary N) is 2. The normalized spacial score (nSPS) is 16.4. The summed E-state index contributed by atoms with van der Waals surface area (Å²) in [6.07, 6.45) is 0. The number of rotatable bonds is 4. The Kier molecular flexibility index (Phi) is 5.57. The van der Waals surface area contributed by atoms with Gasteiger partial charge in [0.05, 0.1) is 11.6 Å². The molecule has 1 aliphatic heterocycles. The Bertz CT molecular complexity index is 1130. The Hall–Kier alpha value is -3.16. The summed E-state index contributed by atoms with van der Waals surface area (Å²) in [6, 6.07) is 18.2. The molecule has 6 nitrogen and oxygen atoms in total. The fraction of sp³-hybridized carbons (Fsp3) is 0.136. The van der Waals surface area contributed by atoms with Crippen LogP contribution in [0.3, 0.4) is 0 Å². The van der Waals surface area contributed by atoms with E-state index in [0.717, 1.165) is 16.9 Å². The van der Waals surface area contributed by atoms with Gasteiger partial charge in [0.1, 0.15) is 5.76 Å². The van der Waals surface area contributed by atoms with Gasteiger partial charge in [0.2, 0.25) is 0 Å². The first-order valence-corrected chi connectivity index (χ1v) is 10.1. The van der Waals surface area contributed by atoms with Crippen molar-refractivity contribution in [3.8, 4) is 0 Å². The van der Waals surface area contributed by atoms with Crippen LogP contribution in [0.15, 0.2) is 76.5 Å². The van der Waals surface area contributed by atoms with Crippen molar-refractivity contribution in [1.82, 2.24) is 10.5 Å². The Labute approximate surface area is 184 Å². The molecule has 1 atom stereocenters. The van der Waals surface area contributed by atoms with Crippen molar-refractivity contribution in [3.05, 3.63) is 88.3 Å². The molecule has 30 heavy (non-hydrogen) atoms. The number of hydrogen-bond acceptors (Lipinski definition) is 4. The quantitative estimate of drug-likeness (QED) is 0.559. The molecule has 2 N–H and O–H groups in total. The first kappa shape index (κ1) is 20.1. The lowest BCUT2D eigenvalue weighted by molar-refractivity contribution is -0.113. The molecule has 1 amide bonds. The first-order valence-electron chi connectivity index (χ1n) is 9.30. The third kappa shape index (κ3) is 3.94. The van der Waals surface area contributed by atoms with Crippen molar-refractivity contribution in [2.45, 2.75) is 19.9 Å². The zero-order valence-corrected chi connectivity index (χ0v) is 17.9. The van der Waals surface area contributed by atoms with Crippen LogP contribution >= 0.6 is 23.8 Å². The van der Waals surface area contributed by atoms with Crippen LogP contribution in [0.2, 0.25) is 5.02 Å². The predicted molar refractivity (Wildman–Crippen MR) is 121 cm³/mol. The lowest BCUT2D eigenvalue weighted by atomic mass is 9.94. The van der Waals surface area contributed by atoms with Crippen molar-refractivity contribution in [2.75, 3.05) is 10.2 Å². The molecule has 0 bridgehead atoms. The van der Waals surface area contributed by atoms with Gasteiger partial charge in [-0.05, 0) is 55.9 Å². The largest absolute Gasteiger partial charge is 0.360 e. The fourth-order valence-electron chi connectivity index (χ4n) is 3.44. The Morgan fingerprint density at radius 3 is 2.50 bits per heavy atom. The molecule has 4 rings (SSSR count). The molecule has 1 unspecified atom stereocenters. The number of aryl methyl sites for hydroxylation is 1. The van der Waals surface area contributed by atoms with Crippen molar-refractivity contribution < 1.29 is 9.32 Å². The van der Waals surface area contributed by atoms with Gasteiger partial charge in [0.25, 0.3) is 5.91 Å². The molecule has 0 spiro atoms. The maximum atomic E-state index is 13.3. The zero-order chi connectivity index (χ0) is 21.3. The highest BCUT2D eigenvalue weighted by molar-refractivity contribution is 7.80. The Morgan fingerprint density at radius 1 is 1.17 bits per heavy atom. The average molecular weight is 439 g/mol. The van der Waals surface area contributed by atoms with E-state index in [0.29, 0.717) is 27.3 Å². The van der Waals surface area contributed by atoms with Gasteiger partial charge in [0.15, 0.2) is 10.9 Å². The minimum absolute atomic E-state index is 0.295. The SMILES string of the molecule is CC1=C(C(=O)Nc2cc(C)on2)C(c2ccc(Cl)cc2)NC(=S)N1c1ccccc1. The zero-order valence-electron chi connectivity index (χ0n) is 16.3. The van der Waals surface area contributed by atoms with Crippen LogP contribution in [0.4, 0.5) is 11.5 Å². The van der Waals surface area contributed by atoms with E-state index >= 15 is 0 Å². The molecule has 3 aromatic rings. The molecule has 0 aliphatic carbocycles. The number of para-hydroxylation sites is 1. The highest BCUT2D eigenvalue weighted by Gasteiger charge is 2.34. The number of benzene rings is 2. The van der Waals surface area contributed by atoms with E-state index in [1.165, 1.54) is 0 Å². The van der Waals surface area contributed by atoms with E-state index in [1.807, 2.05) is 54.3 Å². The number of carbonyl (C=O) groups excluding carboxylic acids is 1. The molecular weight excluding hydrogens is 420 g/mol. The van der Waals surface area contributed by atoms with Crippen LogP contribution in [0.1, 0.15) is 24.3 Å². The van der Waals surface area contributed by atoms with Gasteiger partial charge >= 0.3 is 0 Å². The van der Waals surface area contributed by atoms with Crippen LogP contribution in [0.5, 0.6) is 0 Å². The van der Waals surface area contributed by atoms with E-state index in [9.17, 15) is 4.79 Å². The summed E-state index contributed by atoms with van der Waals surface area (Å²) in [5.74, 6) is 0.669. The number of anilines is 2. The van der Waals surface area contributed by atoms with Gasteiger partial charge in [-0.3, -0.25) is 9.69 Å². The Balaban J connectivity index is 1.80. The Morgan fingerprint density at radius 2 is 1.87 bits per heavy atom. The summed E-state index contributed by atoms with van der Waals surface area (Å²) in [5.41, 5.74) is 2.98. The molecule has 0 fully saturated rings. The number of thiocarbonyl (C=S) groups is 1. The lowest BCUT2D eigenvalue weighted by Gasteiger charge is -2.37. The average Bonchev–Trinajstić information content (AvgIpc) is 3.13. The number of nitrogens with zero attached hydrogens (tertiary/aromatic N) is 2. The number of amides is 1. The van der Waals surface area contributed by atoms with Crippen LogP contribution in [-0.4, -0.2) is 16.2 Å². The molecule has 0 radical (unpaired) electrons. The topological polar surface area (TPSA) is 70.4 Å².